The Balaban J connectivity index is 1.43. The Bertz CT molecular complexity index is 757. The molecule has 0 aliphatic carbocycles. The van der Waals surface area contributed by atoms with E-state index in [1.165, 1.54) is 5.56 Å². The van der Waals surface area contributed by atoms with E-state index in [-0.39, 0.29) is 0 Å². The molecule has 0 amide bonds. The van der Waals surface area contributed by atoms with Crippen molar-refractivity contribution < 1.29 is 4.52 Å². The molecule has 1 unspecified atom stereocenters. The summed E-state index contributed by atoms with van der Waals surface area (Å²) >= 11 is 0. The first-order chi connectivity index (χ1) is 11.4. The van der Waals surface area contributed by atoms with Gasteiger partial charge < -0.3 is 4.52 Å². The fourth-order valence-corrected chi connectivity index (χ4v) is 3.04. The predicted molar refractivity (Wildman–Crippen MR) is 86.6 cm³/mol. The van der Waals surface area contributed by atoms with Gasteiger partial charge in [0.05, 0.1) is 5.92 Å². The third-order valence-corrected chi connectivity index (χ3v) is 4.25. The van der Waals surface area contributed by atoms with Gasteiger partial charge in [-0.2, -0.15) is 4.98 Å². The van der Waals surface area contributed by atoms with E-state index in [9.17, 15) is 0 Å². The van der Waals surface area contributed by atoms with Gasteiger partial charge in [-0.15, -0.1) is 0 Å². The van der Waals surface area contributed by atoms with E-state index in [0.717, 1.165) is 37.5 Å². The molecule has 1 fully saturated rings. The Morgan fingerprint density at radius 3 is 2.74 bits per heavy atom. The molecular weight excluding hydrogens is 288 g/mol. The first-order valence-corrected chi connectivity index (χ1v) is 7.89. The molecule has 0 radical (unpaired) electrons. The zero-order chi connectivity index (χ0) is 15.5. The van der Waals surface area contributed by atoms with Crippen LogP contribution in [0.2, 0.25) is 0 Å². The fraction of sp³-hybridized carbons (Fsp3) is 0.278. The zero-order valence-electron chi connectivity index (χ0n) is 12.8. The molecule has 1 aliphatic heterocycles. The van der Waals surface area contributed by atoms with Crippen LogP contribution in [0.3, 0.4) is 0 Å². The number of nitrogens with zero attached hydrogens (tertiary/aromatic N) is 4. The average Bonchev–Trinajstić information content (AvgIpc) is 3.26. The third-order valence-electron chi connectivity index (χ3n) is 4.25. The van der Waals surface area contributed by atoms with Crippen LogP contribution in [0.1, 0.15) is 23.8 Å². The molecule has 3 aromatic rings. The first-order valence-electron chi connectivity index (χ1n) is 7.89. The maximum atomic E-state index is 5.49. The summed E-state index contributed by atoms with van der Waals surface area (Å²) in [5.41, 5.74) is 2.28. The van der Waals surface area contributed by atoms with Gasteiger partial charge in [0.2, 0.25) is 11.7 Å². The lowest BCUT2D eigenvalue weighted by molar-refractivity contribution is 0.309. The number of pyridine rings is 1. The molecule has 0 saturated carbocycles. The minimum atomic E-state index is 0.321. The van der Waals surface area contributed by atoms with Crippen molar-refractivity contribution in [2.24, 2.45) is 0 Å². The summed E-state index contributed by atoms with van der Waals surface area (Å²) in [7, 11) is 0. The molecule has 0 bridgehead atoms. The number of likely N-dealkylation sites (tertiary alicyclic amines) is 1. The average molecular weight is 306 g/mol. The van der Waals surface area contributed by atoms with E-state index in [4.69, 9.17) is 4.52 Å². The van der Waals surface area contributed by atoms with Gasteiger partial charge in [0.25, 0.3) is 0 Å². The van der Waals surface area contributed by atoms with E-state index >= 15 is 0 Å². The van der Waals surface area contributed by atoms with Crippen molar-refractivity contribution in [3.05, 3.63) is 66.3 Å². The van der Waals surface area contributed by atoms with Crippen LogP contribution in [-0.4, -0.2) is 33.1 Å². The molecule has 1 saturated heterocycles. The molecular formula is C18H18N4O. The van der Waals surface area contributed by atoms with E-state index in [1.54, 1.807) is 12.4 Å². The van der Waals surface area contributed by atoms with Gasteiger partial charge in [0, 0.05) is 31.0 Å². The third kappa shape index (κ3) is 3.14. The topological polar surface area (TPSA) is 55.1 Å². The summed E-state index contributed by atoms with van der Waals surface area (Å²) in [6.45, 7) is 3.00. The highest BCUT2D eigenvalue weighted by Crippen LogP contribution is 2.28. The molecule has 5 heteroatoms. The molecule has 1 atom stereocenters. The van der Waals surface area contributed by atoms with E-state index < -0.39 is 0 Å². The Labute approximate surface area is 135 Å². The highest BCUT2D eigenvalue weighted by Gasteiger charge is 2.28. The Hall–Kier alpha value is -2.53. The van der Waals surface area contributed by atoms with Gasteiger partial charge in [-0.05, 0) is 30.7 Å². The lowest BCUT2D eigenvalue weighted by Crippen LogP contribution is -2.19. The van der Waals surface area contributed by atoms with Gasteiger partial charge in [0.1, 0.15) is 0 Å². The second-order valence-corrected chi connectivity index (χ2v) is 5.90. The lowest BCUT2D eigenvalue weighted by Gasteiger charge is -2.14. The molecule has 1 aliphatic rings. The van der Waals surface area contributed by atoms with Crippen molar-refractivity contribution in [1.29, 1.82) is 0 Å². The summed E-state index contributed by atoms with van der Waals surface area (Å²) in [5.74, 6) is 1.71. The number of aromatic nitrogens is 3. The Morgan fingerprint density at radius 2 is 1.91 bits per heavy atom. The van der Waals surface area contributed by atoms with Gasteiger partial charge in [-0.1, -0.05) is 35.5 Å². The minimum Gasteiger partial charge on any atom is -0.339 e. The number of benzene rings is 1. The summed E-state index contributed by atoms with van der Waals surface area (Å²) < 4.78 is 5.49. The van der Waals surface area contributed by atoms with Crippen molar-refractivity contribution in [2.45, 2.75) is 18.9 Å². The fourth-order valence-electron chi connectivity index (χ4n) is 3.04. The number of hydrogen-bond donors (Lipinski definition) is 0. The van der Waals surface area contributed by atoms with E-state index in [0.29, 0.717) is 11.7 Å². The molecule has 23 heavy (non-hydrogen) atoms. The summed E-state index contributed by atoms with van der Waals surface area (Å²) in [6, 6.07) is 14.3. The van der Waals surface area contributed by atoms with Crippen molar-refractivity contribution in [3.8, 4) is 11.4 Å². The highest BCUT2D eigenvalue weighted by molar-refractivity contribution is 5.52. The molecule has 0 spiro atoms. The highest BCUT2D eigenvalue weighted by atomic mass is 16.5. The smallest absolute Gasteiger partial charge is 0.231 e. The maximum Gasteiger partial charge on any atom is 0.231 e. The lowest BCUT2D eigenvalue weighted by atomic mass is 10.1. The van der Waals surface area contributed by atoms with Gasteiger partial charge in [-0.3, -0.25) is 9.88 Å². The van der Waals surface area contributed by atoms with Gasteiger partial charge >= 0.3 is 0 Å². The number of rotatable bonds is 4. The SMILES string of the molecule is c1ccc(CN2CCC(c3nc(-c4ccncc4)no3)C2)cc1. The molecule has 4 rings (SSSR count). The van der Waals surface area contributed by atoms with Crippen LogP contribution in [-0.2, 0) is 6.54 Å². The summed E-state index contributed by atoms with van der Waals surface area (Å²) in [6.07, 6.45) is 4.54. The Morgan fingerprint density at radius 1 is 1.09 bits per heavy atom. The Kier molecular flexibility index (Phi) is 3.86. The van der Waals surface area contributed by atoms with Gasteiger partial charge in [0.15, 0.2) is 0 Å². The van der Waals surface area contributed by atoms with Crippen LogP contribution in [0.25, 0.3) is 11.4 Å². The van der Waals surface area contributed by atoms with Crippen LogP contribution in [0.4, 0.5) is 0 Å². The van der Waals surface area contributed by atoms with Crippen molar-refractivity contribution in [3.63, 3.8) is 0 Å². The van der Waals surface area contributed by atoms with Crippen molar-refractivity contribution in [1.82, 2.24) is 20.0 Å². The van der Waals surface area contributed by atoms with Gasteiger partial charge in [-0.25, -0.2) is 0 Å². The predicted octanol–water partition coefficient (Wildman–Crippen LogP) is 3.12. The van der Waals surface area contributed by atoms with E-state index in [2.05, 4.69) is 50.4 Å². The minimum absolute atomic E-state index is 0.321. The van der Waals surface area contributed by atoms with Crippen LogP contribution in [0.5, 0.6) is 0 Å². The summed E-state index contributed by atoms with van der Waals surface area (Å²) in [4.78, 5) is 11.0. The first kappa shape index (κ1) is 14.1. The normalized spacial score (nSPS) is 18.3. The zero-order valence-corrected chi connectivity index (χ0v) is 12.8. The number of hydrogen-bond acceptors (Lipinski definition) is 5. The summed E-state index contributed by atoms with van der Waals surface area (Å²) in [5, 5.41) is 4.11. The molecule has 1 aromatic carbocycles. The monoisotopic (exact) mass is 306 g/mol. The van der Waals surface area contributed by atoms with E-state index in [1.807, 2.05) is 12.1 Å². The molecule has 0 N–H and O–H groups in total. The molecule has 2 aromatic heterocycles. The standard InChI is InChI=1S/C18H18N4O/c1-2-4-14(5-3-1)12-22-11-8-16(13-22)18-20-17(21-23-18)15-6-9-19-10-7-15/h1-7,9-10,16H,8,11-13H2. The van der Waals surface area contributed by atoms with Crippen molar-refractivity contribution >= 4 is 0 Å². The maximum absolute atomic E-state index is 5.49. The van der Waals surface area contributed by atoms with Crippen molar-refractivity contribution in [2.75, 3.05) is 13.1 Å². The molecule has 3 heterocycles. The largest absolute Gasteiger partial charge is 0.339 e. The van der Waals surface area contributed by atoms with Crippen LogP contribution in [0.15, 0.2) is 59.4 Å². The van der Waals surface area contributed by atoms with Crippen LogP contribution >= 0.6 is 0 Å². The quantitative estimate of drug-likeness (QED) is 0.741. The van der Waals surface area contributed by atoms with Crippen LogP contribution in [0, 0.1) is 0 Å². The molecule has 116 valence electrons. The second kappa shape index (κ2) is 6.30. The molecule has 5 nitrogen and oxygen atoms in total. The van der Waals surface area contributed by atoms with Crippen LogP contribution < -0.4 is 0 Å². The second-order valence-electron chi connectivity index (χ2n) is 5.90.